The molecule has 2 N–H and O–H groups in total. The fraction of sp³-hybridized carbons (Fsp3) is 0.219. The Morgan fingerprint density at radius 1 is 1.05 bits per heavy atom. The van der Waals surface area contributed by atoms with Crippen LogP contribution in [0.15, 0.2) is 85.5 Å². The van der Waals surface area contributed by atoms with Gasteiger partial charge in [0.2, 0.25) is 0 Å². The number of para-hydroxylation sites is 2. The molecule has 6 rings (SSSR count). The lowest BCUT2D eigenvalue weighted by Gasteiger charge is -2.36. The number of imide groups is 1. The van der Waals surface area contributed by atoms with Gasteiger partial charge in [-0.1, -0.05) is 74.5 Å². The third kappa shape index (κ3) is 3.93. The summed E-state index contributed by atoms with van der Waals surface area (Å²) in [5.41, 5.74) is 5.63. The van der Waals surface area contributed by atoms with E-state index >= 15 is 0 Å². The minimum absolute atomic E-state index is 0.266. The van der Waals surface area contributed by atoms with Crippen LogP contribution in [-0.4, -0.2) is 40.3 Å². The highest BCUT2D eigenvalue weighted by atomic mass is 16.2. The molecular formula is C32H30N4O3. The summed E-state index contributed by atoms with van der Waals surface area (Å²) in [6.45, 7) is 8.21. The molecule has 0 saturated carbocycles. The third-order valence-electron chi connectivity index (χ3n) is 7.76. The number of aromatic amines is 1. The van der Waals surface area contributed by atoms with E-state index in [-0.39, 0.29) is 29.6 Å². The molecule has 4 aromatic rings. The lowest BCUT2D eigenvalue weighted by Crippen LogP contribution is -2.44. The van der Waals surface area contributed by atoms with Crippen LogP contribution in [0.4, 0.5) is 10.5 Å². The van der Waals surface area contributed by atoms with Gasteiger partial charge in [-0.2, -0.15) is 0 Å². The molecule has 0 spiro atoms. The zero-order valence-electron chi connectivity index (χ0n) is 22.0. The van der Waals surface area contributed by atoms with Gasteiger partial charge in [0.25, 0.3) is 11.8 Å². The number of nitrogens with zero attached hydrogens (tertiary/aromatic N) is 2. The van der Waals surface area contributed by atoms with E-state index in [2.05, 4.69) is 61.1 Å². The molecule has 0 radical (unpaired) electrons. The smallest absolute Gasteiger partial charge is 0.332 e. The van der Waals surface area contributed by atoms with Crippen molar-refractivity contribution in [2.75, 3.05) is 11.4 Å². The van der Waals surface area contributed by atoms with Crippen molar-refractivity contribution in [3.05, 3.63) is 113 Å². The number of aromatic nitrogens is 1. The number of anilines is 1. The number of benzene rings is 3. The molecule has 1 aromatic heterocycles. The number of hydrogen-bond acceptors (Lipinski definition) is 3. The van der Waals surface area contributed by atoms with E-state index in [1.54, 1.807) is 35.2 Å². The molecule has 0 bridgehead atoms. The quantitative estimate of drug-likeness (QED) is 0.254. The second-order valence-corrected chi connectivity index (χ2v) is 10.4. The van der Waals surface area contributed by atoms with Gasteiger partial charge in [-0.05, 0) is 40.8 Å². The van der Waals surface area contributed by atoms with Crippen molar-refractivity contribution >= 4 is 34.4 Å². The lowest BCUT2D eigenvalue weighted by atomic mass is 9.88. The van der Waals surface area contributed by atoms with E-state index in [0.717, 1.165) is 27.7 Å². The average Bonchev–Trinajstić information content (AvgIpc) is 3.44. The van der Waals surface area contributed by atoms with Gasteiger partial charge >= 0.3 is 6.03 Å². The van der Waals surface area contributed by atoms with E-state index in [1.807, 2.05) is 18.2 Å². The largest absolute Gasteiger partial charge is 0.356 e. The number of carbonyl (C=O) groups excluding carboxylic acids is 3. The molecule has 7 heteroatoms. The first-order chi connectivity index (χ1) is 18.9. The maximum absolute atomic E-state index is 14.2. The molecule has 1 saturated heterocycles. The second-order valence-electron chi connectivity index (χ2n) is 10.4. The second kappa shape index (κ2) is 9.58. The Balaban J connectivity index is 1.48. The van der Waals surface area contributed by atoms with E-state index in [1.165, 1.54) is 10.5 Å². The minimum Gasteiger partial charge on any atom is -0.356 e. The number of nitrogens with one attached hydrogen (secondary N) is 2. The highest BCUT2D eigenvalue weighted by molar-refractivity contribution is 6.24. The number of H-pyrrole nitrogens is 1. The highest BCUT2D eigenvalue weighted by Gasteiger charge is 2.53. The summed E-state index contributed by atoms with van der Waals surface area (Å²) in [6.07, 6.45) is 1.98. The average molecular weight is 519 g/mol. The van der Waals surface area contributed by atoms with Gasteiger partial charge < -0.3 is 10.3 Å². The molecular weight excluding hydrogens is 488 g/mol. The first-order valence-electron chi connectivity index (χ1n) is 13.2. The van der Waals surface area contributed by atoms with Gasteiger partial charge in [-0.15, -0.1) is 6.58 Å². The molecule has 0 aliphatic carbocycles. The van der Waals surface area contributed by atoms with Crippen molar-refractivity contribution in [3.63, 3.8) is 0 Å². The van der Waals surface area contributed by atoms with Gasteiger partial charge in [-0.3, -0.25) is 14.5 Å². The van der Waals surface area contributed by atoms with Gasteiger partial charge in [-0.25, -0.2) is 9.69 Å². The SMILES string of the molecule is C=CCNC(=O)c1ccccc1N1C(=O)[C@@H]2Cc3c([nH]c4ccccc34)[C@H](c3ccc(C(C)C)cc3)N2C1=O. The van der Waals surface area contributed by atoms with Crippen LogP contribution in [0.3, 0.4) is 0 Å². The third-order valence-corrected chi connectivity index (χ3v) is 7.76. The van der Waals surface area contributed by atoms with Crippen molar-refractivity contribution in [2.24, 2.45) is 0 Å². The van der Waals surface area contributed by atoms with Crippen molar-refractivity contribution in [1.29, 1.82) is 0 Å². The number of carbonyl (C=O) groups is 3. The fourth-order valence-electron chi connectivity index (χ4n) is 5.83. The Labute approximate surface area is 227 Å². The van der Waals surface area contributed by atoms with Crippen LogP contribution in [0.2, 0.25) is 0 Å². The van der Waals surface area contributed by atoms with Crippen LogP contribution in [-0.2, 0) is 11.2 Å². The summed E-state index contributed by atoms with van der Waals surface area (Å²) in [5, 5.41) is 3.81. The monoisotopic (exact) mass is 518 g/mol. The van der Waals surface area contributed by atoms with Crippen molar-refractivity contribution in [2.45, 2.75) is 38.3 Å². The maximum atomic E-state index is 14.2. The molecule has 2 atom stereocenters. The number of hydrogen-bond donors (Lipinski definition) is 2. The molecule has 196 valence electrons. The Morgan fingerprint density at radius 2 is 1.77 bits per heavy atom. The van der Waals surface area contributed by atoms with Crippen LogP contribution < -0.4 is 10.2 Å². The number of fused-ring (bicyclic) bond motifs is 4. The topological polar surface area (TPSA) is 85.5 Å². The molecule has 39 heavy (non-hydrogen) atoms. The van der Waals surface area contributed by atoms with E-state index < -0.39 is 18.1 Å². The summed E-state index contributed by atoms with van der Waals surface area (Å²) in [5.74, 6) is -0.326. The summed E-state index contributed by atoms with van der Waals surface area (Å²) in [4.78, 5) is 47.6. The van der Waals surface area contributed by atoms with Crippen molar-refractivity contribution < 1.29 is 14.4 Å². The fourth-order valence-corrected chi connectivity index (χ4v) is 5.83. The summed E-state index contributed by atoms with van der Waals surface area (Å²) in [7, 11) is 0. The molecule has 4 amide bonds. The number of amides is 4. The van der Waals surface area contributed by atoms with Gasteiger partial charge in [0.1, 0.15) is 12.1 Å². The van der Waals surface area contributed by atoms with Gasteiger partial charge in [0.15, 0.2) is 0 Å². The molecule has 2 aliphatic heterocycles. The molecule has 0 unspecified atom stereocenters. The number of rotatable bonds is 6. The van der Waals surface area contributed by atoms with Crippen LogP contribution in [0.5, 0.6) is 0 Å². The Morgan fingerprint density at radius 3 is 2.51 bits per heavy atom. The van der Waals surface area contributed by atoms with Crippen LogP contribution in [0.25, 0.3) is 10.9 Å². The van der Waals surface area contributed by atoms with Crippen molar-refractivity contribution in [1.82, 2.24) is 15.2 Å². The predicted molar refractivity (Wildman–Crippen MR) is 152 cm³/mol. The first-order valence-corrected chi connectivity index (χ1v) is 13.2. The Bertz CT molecular complexity index is 1620. The zero-order chi connectivity index (χ0) is 27.3. The van der Waals surface area contributed by atoms with Crippen LogP contribution in [0, 0.1) is 0 Å². The number of urea groups is 1. The predicted octanol–water partition coefficient (Wildman–Crippen LogP) is 5.69. The Hall–Kier alpha value is -4.65. The van der Waals surface area contributed by atoms with Crippen molar-refractivity contribution in [3.8, 4) is 0 Å². The molecule has 3 heterocycles. The summed E-state index contributed by atoms with van der Waals surface area (Å²) >= 11 is 0. The molecule has 2 aliphatic rings. The minimum atomic E-state index is -0.691. The summed E-state index contributed by atoms with van der Waals surface area (Å²) in [6, 6.07) is 21.4. The normalized spacial score (nSPS) is 18.4. The molecule has 7 nitrogen and oxygen atoms in total. The van der Waals surface area contributed by atoms with Crippen LogP contribution in [0.1, 0.15) is 58.5 Å². The highest BCUT2D eigenvalue weighted by Crippen LogP contribution is 2.45. The molecule has 1 fully saturated rings. The van der Waals surface area contributed by atoms with Gasteiger partial charge in [0.05, 0.1) is 11.3 Å². The standard InChI is InChI=1S/C32H30N4O3/c1-4-17-33-30(37)23-10-6-8-12-26(23)36-31(38)27-18-24-22-9-5-7-11-25(22)34-28(24)29(35(27)32(36)39)21-15-13-20(14-16-21)19(2)3/h4-16,19,27,29,34H,1,17-18H2,2-3H3,(H,33,37)/t27-,29-/m0/s1. The Kier molecular flexibility index (Phi) is 6.06. The van der Waals surface area contributed by atoms with Gasteiger partial charge in [0, 0.05) is 29.6 Å². The van der Waals surface area contributed by atoms with E-state index in [4.69, 9.17) is 0 Å². The zero-order valence-corrected chi connectivity index (χ0v) is 22.0. The van der Waals surface area contributed by atoms with E-state index in [0.29, 0.717) is 12.3 Å². The van der Waals surface area contributed by atoms with Crippen LogP contribution >= 0.6 is 0 Å². The van der Waals surface area contributed by atoms with E-state index in [9.17, 15) is 14.4 Å². The lowest BCUT2D eigenvalue weighted by molar-refractivity contribution is -0.120. The first kappa shape index (κ1) is 24.7. The molecule has 3 aromatic carbocycles. The summed E-state index contributed by atoms with van der Waals surface area (Å²) < 4.78 is 0. The maximum Gasteiger partial charge on any atom is 0.332 e.